The Morgan fingerprint density at radius 3 is 2.38 bits per heavy atom. The molecule has 0 aromatic heterocycles. The molecule has 1 aromatic carbocycles. The summed E-state index contributed by atoms with van der Waals surface area (Å²) in [5.74, 6) is 0. The number of thiol groups is 1. The third-order valence-electron chi connectivity index (χ3n) is 2.74. The van der Waals surface area contributed by atoms with E-state index in [0.717, 1.165) is 18.4 Å². The minimum atomic E-state index is -3.30. The van der Waals surface area contributed by atoms with E-state index >= 15 is 0 Å². The van der Waals surface area contributed by atoms with Crippen molar-refractivity contribution in [1.82, 2.24) is 4.31 Å². The summed E-state index contributed by atoms with van der Waals surface area (Å²) in [6.07, 6.45) is 1.91. The topological polar surface area (TPSA) is 37.4 Å². The molecule has 1 aromatic rings. The summed E-state index contributed by atoms with van der Waals surface area (Å²) >= 11 is 4.22. The van der Waals surface area contributed by atoms with Gasteiger partial charge < -0.3 is 0 Å². The second kappa shape index (κ2) is 4.39. The lowest BCUT2D eigenvalue weighted by molar-refractivity contribution is 0.477. The normalized spacial score (nSPS) is 17.9. The molecule has 0 saturated carbocycles. The highest BCUT2D eigenvalue weighted by molar-refractivity contribution is 7.89. The highest BCUT2D eigenvalue weighted by Crippen LogP contribution is 2.23. The van der Waals surface area contributed by atoms with Gasteiger partial charge in [-0.1, -0.05) is 0 Å². The van der Waals surface area contributed by atoms with E-state index in [4.69, 9.17) is 0 Å². The molecular formula is C11H15NO2S2. The second-order valence-electron chi connectivity index (χ2n) is 4.12. The Balaban J connectivity index is 2.42. The average Bonchev–Trinajstić information content (AvgIpc) is 2.69. The molecule has 0 spiro atoms. The minimum Gasteiger partial charge on any atom is -0.207 e. The summed E-state index contributed by atoms with van der Waals surface area (Å²) in [6, 6.07) is 5.17. The Kier molecular flexibility index (Phi) is 3.28. The average molecular weight is 257 g/mol. The van der Waals surface area contributed by atoms with Crippen LogP contribution in [0.2, 0.25) is 0 Å². The zero-order valence-electron chi connectivity index (χ0n) is 9.18. The summed E-state index contributed by atoms with van der Waals surface area (Å²) in [4.78, 5) is 1.05. The van der Waals surface area contributed by atoms with Crippen LogP contribution in [0.25, 0.3) is 0 Å². The smallest absolute Gasteiger partial charge is 0.207 e. The van der Waals surface area contributed by atoms with Gasteiger partial charge in [-0.3, -0.25) is 0 Å². The van der Waals surface area contributed by atoms with Gasteiger partial charge in [-0.05, 0) is 43.5 Å². The van der Waals surface area contributed by atoms with Crippen LogP contribution in [0.4, 0.5) is 0 Å². The van der Waals surface area contributed by atoms with Gasteiger partial charge in [0.2, 0.25) is 10.0 Å². The van der Waals surface area contributed by atoms with Gasteiger partial charge in [0, 0.05) is 18.0 Å². The molecule has 5 heteroatoms. The van der Waals surface area contributed by atoms with Crippen LogP contribution in [0, 0.1) is 6.92 Å². The van der Waals surface area contributed by atoms with Gasteiger partial charge in [-0.2, -0.15) is 4.31 Å². The Hall–Kier alpha value is -0.520. The van der Waals surface area contributed by atoms with Gasteiger partial charge in [0.05, 0.1) is 4.90 Å². The fraction of sp³-hybridized carbons (Fsp3) is 0.455. The van der Waals surface area contributed by atoms with E-state index in [2.05, 4.69) is 12.6 Å². The molecule has 88 valence electrons. The molecule has 0 amide bonds. The molecule has 1 fully saturated rings. The monoisotopic (exact) mass is 257 g/mol. The Labute approximate surface area is 102 Å². The van der Waals surface area contributed by atoms with E-state index in [9.17, 15) is 8.42 Å². The maximum Gasteiger partial charge on any atom is 0.243 e. The first-order valence-electron chi connectivity index (χ1n) is 5.31. The number of benzene rings is 1. The predicted octanol–water partition coefficient (Wildman–Crippen LogP) is 2.07. The largest absolute Gasteiger partial charge is 0.243 e. The molecule has 0 bridgehead atoms. The van der Waals surface area contributed by atoms with Crippen molar-refractivity contribution in [2.24, 2.45) is 0 Å². The maximum absolute atomic E-state index is 12.2. The van der Waals surface area contributed by atoms with Gasteiger partial charge in [-0.25, -0.2) is 8.42 Å². The van der Waals surface area contributed by atoms with Crippen LogP contribution in [0.5, 0.6) is 0 Å². The summed E-state index contributed by atoms with van der Waals surface area (Å²) in [7, 11) is -3.30. The zero-order chi connectivity index (χ0) is 11.8. The van der Waals surface area contributed by atoms with Gasteiger partial charge >= 0.3 is 0 Å². The molecule has 1 heterocycles. The lowest BCUT2D eigenvalue weighted by atomic mass is 10.2. The quantitative estimate of drug-likeness (QED) is 0.824. The van der Waals surface area contributed by atoms with Crippen molar-refractivity contribution < 1.29 is 8.42 Å². The number of nitrogens with zero attached hydrogens (tertiary/aromatic N) is 1. The number of sulfonamides is 1. The van der Waals surface area contributed by atoms with Crippen LogP contribution >= 0.6 is 12.6 Å². The number of hydrogen-bond donors (Lipinski definition) is 1. The van der Waals surface area contributed by atoms with Gasteiger partial charge in [0.1, 0.15) is 0 Å². The molecular weight excluding hydrogens is 242 g/mol. The molecule has 0 radical (unpaired) electrons. The minimum absolute atomic E-state index is 0.361. The Morgan fingerprint density at radius 2 is 1.81 bits per heavy atom. The van der Waals surface area contributed by atoms with E-state index in [1.165, 1.54) is 0 Å². The van der Waals surface area contributed by atoms with Crippen molar-refractivity contribution in [3.63, 3.8) is 0 Å². The third-order valence-corrected chi connectivity index (χ3v) is 4.87. The SMILES string of the molecule is Cc1cc(S)cc(S(=O)(=O)N2CCCC2)c1. The third kappa shape index (κ3) is 2.26. The van der Waals surface area contributed by atoms with Crippen LogP contribution in [0.3, 0.4) is 0 Å². The fourth-order valence-corrected chi connectivity index (χ4v) is 4.03. The van der Waals surface area contributed by atoms with E-state index in [1.54, 1.807) is 16.4 Å². The molecule has 1 saturated heterocycles. The zero-order valence-corrected chi connectivity index (χ0v) is 10.9. The summed E-state index contributed by atoms with van der Waals surface area (Å²) in [5, 5.41) is 0. The van der Waals surface area contributed by atoms with Crippen LogP contribution in [0.15, 0.2) is 28.0 Å². The molecule has 1 aliphatic rings. The molecule has 3 nitrogen and oxygen atoms in total. The number of hydrogen-bond acceptors (Lipinski definition) is 3. The molecule has 0 N–H and O–H groups in total. The standard InChI is InChI=1S/C11H15NO2S2/c1-9-6-10(15)8-11(7-9)16(13,14)12-4-2-3-5-12/h6-8,15H,2-5H2,1H3. The van der Waals surface area contributed by atoms with E-state index < -0.39 is 10.0 Å². The second-order valence-corrected chi connectivity index (χ2v) is 6.57. The van der Waals surface area contributed by atoms with Crippen molar-refractivity contribution in [2.75, 3.05) is 13.1 Å². The molecule has 16 heavy (non-hydrogen) atoms. The highest BCUT2D eigenvalue weighted by atomic mass is 32.2. The predicted molar refractivity (Wildman–Crippen MR) is 66.4 cm³/mol. The Morgan fingerprint density at radius 1 is 1.19 bits per heavy atom. The summed E-state index contributed by atoms with van der Waals surface area (Å²) in [6.45, 7) is 3.15. The summed E-state index contributed by atoms with van der Waals surface area (Å²) in [5.41, 5.74) is 0.922. The van der Waals surface area contributed by atoms with Crippen molar-refractivity contribution in [3.8, 4) is 0 Å². The fourth-order valence-electron chi connectivity index (χ4n) is 1.95. The van der Waals surface area contributed by atoms with E-state index in [-0.39, 0.29) is 0 Å². The van der Waals surface area contributed by atoms with Crippen LogP contribution in [0.1, 0.15) is 18.4 Å². The van der Waals surface area contributed by atoms with Gasteiger partial charge in [0.15, 0.2) is 0 Å². The van der Waals surface area contributed by atoms with Crippen LogP contribution in [-0.4, -0.2) is 25.8 Å². The lowest BCUT2D eigenvalue weighted by Gasteiger charge is -2.16. The first-order valence-corrected chi connectivity index (χ1v) is 7.20. The van der Waals surface area contributed by atoms with E-state index in [0.29, 0.717) is 22.9 Å². The van der Waals surface area contributed by atoms with Crippen molar-refractivity contribution in [2.45, 2.75) is 29.6 Å². The maximum atomic E-state index is 12.2. The van der Waals surface area contributed by atoms with Crippen molar-refractivity contribution in [3.05, 3.63) is 23.8 Å². The highest BCUT2D eigenvalue weighted by Gasteiger charge is 2.27. The first kappa shape index (κ1) is 12.0. The molecule has 2 rings (SSSR count). The lowest BCUT2D eigenvalue weighted by Crippen LogP contribution is -2.27. The molecule has 1 aliphatic heterocycles. The van der Waals surface area contributed by atoms with Gasteiger partial charge in [0.25, 0.3) is 0 Å². The number of rotatable bonds is 2. The number of aryl methyl sites for hydroxylation is 1. The first-order chi connectivity index (χ1) is 7.50. The molecule has 0 aliphatic carbocycles. The van der Waals surface area contributed by atoms with E-state index in [1.807, 2.05) is 13.0 Å². The van der Waals surface area contributed by atoms with Crippen LogP contribution < -0.4 is 0 Å². The van der Waals surface area contributed by atoms with Crippen molar-refractivity contribution >= 4 is 22.7 Å². The molecule has 0 atom stereocenters. The van der Waals surface area contributed by atoms with Crippen molar-refractivity contribution in [1.29, 1.82) is 0 Å². The van der Waals surface area contributed by atoms with Crippen LogP contribution in [-0.2, 0) is 10.0 Å². The Bertz CT molecular complexity index is 470. The summed E-state index contributed by atoms with van der Waals surface area (Å²) < 4.78 is 26.0. The molecule has 0 unspecified atom stereocenters. The van der Waals surface area contributed by atoms with Gasteiger partial charge in [-0.15, -0.1) is 12.6 Å².